The zero-order valence-electron chi connectivity index (χ0n) is 17.6. The number of hydrogen-bond acceptors (Lipinski definition) is 0. The van der Waals surface area contributed by atoms with Crippen molar-refractivity contribution in [1.82, 2.24) is 0 Å². The fourth-order valence-electron chi connectivity index (χ4n) is 6.74. The first-order valence-corrected chi connectivity index (χ1v) is 13.6. The highest BCUT2D eigenvalue weighted by atomic mass is 127. The second kappa shape index (κ2) is 9.63. The molecule has 0 nitrogen and oxygen atoms in total. The van der Waals surface area contributed by atoms with E-state index in [-0.39, 0.29) is 0 Å². The molecule has 0 spiro atoms. The van der Waals surface area contributed by atoms with Gasteiger partial charge in [-0.1, -0.05) is 68.0 Å². The second-order valence-electron chi connectivity index (χ2n) is 9.41. The molecule has 3 aliphatic rings. The highest BCUT2D eigenvalue weighted by Gasteiger charge is 2.31. The molecule has 0 N–H and O–H groups in total. The highest BCUT2D eigenvalue weighted by Crippen LogP contribution is 2.47. The maximum absolute atomic E-state index is 2.63. The van der Waals surface area contributed by atoms with E-state index in [4.69, 9.17) is 0 Å². The van der Waals surface area contributed by atoms with Crippen molar-refractivity contribution in [1.29, 1.82) is 0 Å². The average molecular weight is 479 g/mol. The Morgan fingerprint density at radius 1 is 0.667 bits per heavy atom. The van der Waals surface area contributed by atoms with E-state index in [2.05, 4.69) is 29.5 Å². The Morgan fingerprint density at radius 2 is 1.15 bits per heavy atom. The first-order valence-electron chi connectivity index (χ1n) is 12.1. The summed E-state index contributed by atoms with van der Waals surface area (Å²) in [4.78, 5) is 0. The van der Waals surface area contributed by atoms with Gasteiger partial charge in [0, 0.05) is 4.43 Å². The standard InChI is InChI=1S/C26H39I/c1-2-21-24(17-18-27)26(20-13-7-4-8-14-20)23-16-10-9-15-22(23)25(21)19-11-5-3-6-12-19/h19-20H,2-18H2,1H3. The number of benzene rings is 1. The van der Waals surface area contributed by atoms with Crippen LogP contribution in [-0.4, -0.2) is 4.43 Å². The minimum absolute atomic E-state index is 0.883. The van der Waals surface area contributed by atoms with Crippen LogP contribution in [0.4, 0.5) is 0 Å². The molecule has 0 radical (unpaired) electrons. The molecule has 0 amide bonds. The van der Waals surface area contributed by atoms with Crippen molar-refractivity contribution < 1.29 is 0 Å². The zero-order valence-corrected chi connectivity index (χ0v) is 19.7. The summed E-state index contributed by atoms with van der Waals surface area (Å²) in [6, 6.07) is 0. The fourth-order valence-corrected chi connectivity index (χ4v) is 7.28. The molecule has 0 heterocycles. The molecule has 4 rings (SSSR count). The Hall–Kier alpha value is -0.0500. The van der Waals surface area contributed by atoms with E-state index in [0.29, 0.717) is 0 Å². The topological polar surface area (TPSA) is 0 Å². The van der Waals surface area contributed by atoms with Gasteiger partial charge in [0.15, 0.2) is 0 Å². The van der Waals surface area contributed by atoms with Crippen molar-refractivity contribution in [2.75, 3.05) is 4.43 Å². The summed E-state index contributed by atoms with van der Waals surface area (Å²) in [5, 5.41) is 0. The quantitative estimate of drug-likeness (QED) is 0.296. The van der Waals surface area contributed by atoms with Gasteiger partial charge >= 0.3 is 0 Å². The third kappa shape index (κ3) is 4.14. The van der Waals surface area contributed by atoms with Crippen LogP contribution in [0, 0.1) is 0 Å². The molecule has 0 bridgehead atoms. The molecular weight excluding hydrogens is 439 g/mol. The second-order valence-corrected chi connectivity index (χ2v) is 10.5. The van der Waals surface area contributed by atoms with E-state index in [1.165, 1.54) is 107 Å². The van der Waals surface area contributed by atoms with Crippen LogP contribution in [0.2, 0.25) is 0 Å². The van der Waals surface area contributed by atoms with E-state index in [1.54, 1.807) is 0 Å². The molecule has 2 saturated carbocycles. The van der Waals surface area contributed by atoms with Crippen LogP contribution in [0.3, 0.4) is 0 Å². The first-order chi connectivity index (χ1) is 13.3. The molecule has 150 valence electrons. The molecule has 1 heteroatoms. The Bertz CT molecular complexity index is 632. The van der Waals surface area contributed by atoms with Crippen LogP contribution in [0.15, 0.2) is 0 Å². The Labute approximate surface area is 181 Å². The number of fused-ring (bicyclic) bond motifs is 1. The lowest BCUT2D eigenvalue weighted by atomic mass is 9.68. The van der Waals surface area contributed by atoms with E-state index < -0.39 is 0 Å². The SMILES string of the molecule is CCc1c(CCI)c(C2CCCCC2)c2c(c1C1CCCCC1)CCCC2. The normalized spacial score (nSPS) is 22.0. The monoisotopic (exact) mass is 478 g/mol. The summed E-state index contributed by atoms with van der Waals surface area (Å²) in [5.74, 6) is 1.77. The van der Waals surface area contributed by atoms with Gasteiger partial charge in [0.25, 0.3) is 0 Å². The average Bonchev–Trinajstić information content (AvgIpc) is 2.74. The molecular formula is C26H39I. The summed E-state index contributed by atoms with van der Waals surface area (Å²) in [5.41, 5.74) is 11.2. The molecule has 0 atom stereocenters. The van der Waals surface area contributed by atoms with E-state index >= 15 is 0 Å². The number of alkyl halides is 1. The van der Waals surface area contributed by atoms with Gasteiger partial charge in [0.05, 0.1) is 0 Å². The van der Waals surface area contributed by atoms with E-state index in [1.807, 2.05) is 33.4 Å². The smallest absolute Gasteiger partial charge is 0.00360 e. The maximum atomic E-state index is 2.63. The van der Waals surface area contributed by atoms with Gasteiger partial charge in [-0.15, -0.1) is 0 Å². The molecule has 0 aromatic heterocycles. The summed E-state index contributed by atoms with van der Waals surface area (Å²) in [7, 11) is 0. The molecule has 1 aromatic rings. The van der Waals surface area contributed by atoms with Gasteiger partial charge in [-0.25, -0.2) is 0 Å². The van der Waals surface area contributed by atoms with Crippen molar-refractivity contribution in [3.63, 3.8) is 0 Å². The van der Waals surface area contributed by atoms with Crippen LogP contribution in [0.5, 0.6) is 0 Å². The fraction of sp³-hybridized carbons (Fsp3) is 0.769. The van der Waals surface area contributed by atoms with Crippen molar-refractivity contribution >= 4 is 22.6 Å². The highest BCUT2D eigenvalue weighted by molar-refractivity contribution is 14.1. The molecule has 0 saturated heterocycles. The lowest BCUT2D eigenvalue weighted by Gasteiger charge is -2.37. The molecule has 0 unspecified atom stereocenters. The minimum Gasteiger partial charge on any atom is -0.0860 e. The largest absolute Gasteiger partial charge is 0.0860 e. The predicted octanol–water partition coefficient (Wildman–Crippen LogP) is 8.20. The van der Waals surface area contributed by atoms with E-state index in [9.17, 15) is 0 Å². The summed E-state index contributed by atoms with van der Waals surface area (Å²) >= 11 is 2.63. The van der Waals surface area contributed by atoms with Crippen LogP contribution >= 0.6 is 22.6 Å². The Morgan fingerprint density at radius 3 is 1.59 bits per heavy atom. The third-order valence-corrected chi connectivity index (χ3v) is 8.40. The van der Waals surface area contributed by atoms with Gasteiger partial charge < -0.3 is 0 Å². The van der Waals surface area contributed by atoms with Crippen molar-refractivity contribution in [2.24, 2.45) is 0 Å². The van der Waals surface area contributed by atoms with Gasteiger partial charge in [-0.3, -0.25) is 0 Å². The summed E-state index contributed by atoms with van der Waals surface area (Å²) in [6.07, 6.45) is 22.9. The zero-order chi connectivity index (χ0) is 18.6. The summed E-state index contributed by atoms with van der Waals surface area (Å²) < 4.78 is 1.29. The lowest BCUT2D eigenvalue weighted by Crippen LogP contribution is -2.22. The maximum Gasteiger partial charge on any atom is 0.00360 e. The molecule has 0 aliphatic heterocycles. The van der Waals surface area contributed by atoms with Gasteiger partial charge in [-0.2, -0.15) is 0 Å². The number of halogens is 1. The van der Waals surface area contributed by atoms with Gasteiger partial charge in [-0.05, 0) is 109 Å². The van der Waals surface area contributed by atoms with Crippen molar-refractivity contribution in [3.8, 4) is 0 Å². The van der Waals surface area contributed by atoms with Gasteiger partial charge in [0.1, 0.15) is 0 Å². The number of rotatable bonds is 5. The lowest BCUT2D eigenvalue weighted by molar-refractivity contribution is 0.428. The summed E-state index contributed by atoms with van der Waals surface area (Å²) in [6.45, 7) is 2.46. The van der Waals surface area contributed by atoms with Gasteiger partial charge in [0.2, 0.25) is 0 Å². The van der Waals surface area contributed by atoms with Crippen LogP contribution in [0.25, 0.3) is 0 Å². The Balaban J connectivity index is 1.90. The molecule has 1 aromatic carbocycles. The van der Waals surface area contributed by atoms with Crippen LogP contribution < -0.4 is 0 Å². The van der Waals surface area contributed by atoms with Crippen LogP contribution in [0.1, 0.15) is 129 Å². The predicted molar refractivity (Wildman–Crippen MR) is 127 cm³/mol. The minimum atomic E-state index is 0.883. The van der Waals surface area contributed by atoms with Crippen molar-refractivity contribution in [3.05, 3.63) is 33.4 Å². The third-order valence-electron chi connectivity index (χ3n) is 7.86. The molecule has 3 aliphatic carbocycles. The van der Waals surface area contributed by atoms with Crippen LogP contribution in [-0.2, 0) is 25.7 Å². The molecule has 2 fully saturated rings. The Kier molecular flexibility index (Phi) is 7.22. The van der Waals surface area contributed by atoms with Crippen molar-refractivity contribution in [2.45, 2.75) is 121 Å². The molecule has 27 heavy (non-hydrogen) atoms. The van der Waals surface area contributed by atoms with E-state index in [0.717, 1.165) is 11.8 Å². The number of hydrogen-bond donors (Lipinski definition) is 0. The first kappa shape index (κ1) is 20.2.